The highest BCUT2D eigenvalue weighted by Gasteiger charge is 2.17. The van der Waals surface area contributed by atoms with E-state index in [9.17, 15) is 15.2 Å². The van der Waals surface area contributed by atoms with E-state index in [0.29, 0.717) is 12.3 Å². The minimum Gasteiger partial charge on any atom is -0.493 e. The monoisotopic (exact) mass is 394 g/mol. The molecule has 2 rings (SSSR count). The number of nitriles is 1. The molecule has 0 amide bonds. The van der Waals surface area contributed by atoms with Gasteiger partial charge in [0.1, 0.15) is 17.7 Å². The Balaban J connectivity index is 2.32. The van der Waals surface area contributed by atoms with Crippen LogP contribution in [0.15, 0.2) is 52.4 Å². The fourth-order valence-electron chi connectivity index (χ4n) is 2.51. The van der Waals surface area contributed by atoms with Crippen LogP contribution in [0, 0.1) is 18.3 Å². The van der Waals surface area contributed by atoms with Crippen LogP contribution in [0.25, 0.3) is 11.8 Å². The topological polar surface area (TPSA) is 109 Å². The number of benzene rings is 1. The van der Waals surface area contributed by atoms with Crippen molar-refractivity contribution in [3.8, 4) is 11.9 Å². The third-order valence-corrected chi connectivity index (χ3v) is 4.22. The molecule has 1 N–H and O–H groups in total. The van der Waals surface area contributed by atoms with Gasteiger partial charge in [-0.2, -0.15) is 10.4 Å². The number of rotatable bonds is 8. The second kappa shape index (κ2) is 9.59. The minimum absolute atomic E-state index is 0.0496. The fourth-order valence-corrected chi connectivity index (χ4v) is 2.51. The average Bonchev–Trinajstić information content (AvgIpc) is 2.72. The summed E-state index contributed by atoms with van der Waals surface area (Å²) in [5.74, 6) is -0.477. The number of nitrogens with zero attached hydrogens (tertiary/aromatic N) is 4. The molecule has 1 heterocycles. The summed E-state index contributed by atoms with van der Waals surface area (Å²) >= 11 is 0. The molecule has 0 aliphatic rings. The highest BCUT2D eigenvalue weighted by Crippen LogP contribution is 2.27. The van der Waals surface area contributed by atoms with Crippen molar-refractivity contribution in [1.29, 1.82) is 5.26 Å². The molecule has 8 heteroatoms. The molecule has 0 saturated heterocycles. The second-order valence-corrected chi connectivity index (χ2v) is 6.06. The summed E-state index contributed by atoms with van der Waals surface area (Å²) in [6, 6.07) is 8.88. The van der Waals surface area contributed by atoms with Gasteiger partial charge in [0.2, 0.25) is 5.88 Å². The van der Waals surface area contributed by atoms with Gasteiger partial charge >= 0.3 is 0 Å². The van der Waals surface area contributed by atoms with Crippen LogP contribution in [0.5, 0.6) is 5.88 Å². The van der Waals surface area contributed by atoms with Crippen molar-refractivity contribution in [2.45, 2.75) is 26.9 Å². The van der Waals surface area contributed by atoms with Gasteiger partial charge in [0, 0.05) is 11.8 Å². The van der Waals surface area contributed by atoms with E-state index in [1.165, 1.54) is 6.92 Å². The van der Waals surface area contributed by atoms with Gasteiger partial charge in [0.05, 0.1) is 12.3 Å². The van der Waals surface area contributed by atoms with Crippen molar-refractivity contribution >= 4 is 23.1 Å². The third-order valence-electron chi connectivity index (χ3n) is 4.22. The maximum atomic E-state index is 12.5. The maximum Gasteiger partial charge on any atom is 0.285 e. The minimum atomic E-state index is -0.621. The summed E-state index contributed by atoms with van der Waals surface area (Å²) in [6.45, 7) is 13.1. The van der Waals surface area contributed by atoms with Gasteiger partial charge < -0.3 is 5.11 Å². The molecule has 8 nitrogen and oxygen atoms in total. The Labute approximate surface area is 168 Å². The quantitative estimate of drug-likeness (QED) is 0.399. The summed E-state index contributed by atoms with van der Waals surface area (Å²) in [5, 5.41) is 27.3. The SMILES string of the molecule is C=Cn1c(O)c(C#N)c(C)c(N=Nc2ccc(C(=C)C(C)OOCC)cc2)c1=O. The predicted octanol–water partition coefficient (Wildman–Crippen LogP) is 4.62. The lowest BCUT2D eigenvalue weighted by molar-refractivity contribution is -0.304. The summed E-state index contributed by atoms with van der Waals surface area (Å²) in [7, 11) is 0. The molecule has 1 aromatic carbocycles. The van der Waals surface area contributed by atoms with E-state index in [1.807, 2.05) is 19.9 Å². The van der Waals surface area contributed by atoms with E-state index in [4.69, 9.17) is 9.78 Å². The summed E-state index contributed by atoms with van der Waals surface area (Å²) in [5.41, 5.74) is 1.59. The molecule has 0 aliphatic heterocycles. The van der Waals surface area contributed by atoms with E-state index in [1.54, 1.807) is 24.3 Å². The lowest BCUT2D eigenvalue weighted by Crippen LogP contribution is -2.17. The Kier molecular flexibility index (Phi) is 7.20. The normalized spacial score (nSPS) is 11.9. The van der Waals surface area contributed by atoms with Crippen LogP contribution >= 0.6 is 0 Å². The molecular formula is C21H22N4O4. The smallest absolute Gasteiger partial charge is 0.285 e. The van der Waals surface area contributed by atoms with E-state index in [2.05, 4.69) is 23.4 Å². The lowest BCUT2D eigenvalue weighted by Gasteiger charge is -2.14. The number of hydrogen-bond donors (Lipinski definition) is 1. The van der Waals surface area contributed by atoms with Crippen molar-refractivity contribution in [2.24, 2.45) is 10.2 Å². The van der Waals surface area contributed by atoms with Crippen LogP contribution < -0.4 is 5.56 Å². The molecule has 29 heavy (non-hydrogen) atoms. The van der Waals surface area contributed by atoms with Crippen molar-refractivity contribution in [1.82, 2.24) is 4.57 Å². The van der Waals surface area contributed by atoms with Gasteiger partial charge in [-0.15, -0.1) is 5.11 Å². The molecule has 0 bridgehead atoms. The number of aromatic nitrogens is 1. The van der Waals surface area contributed by atoms with Crippen LogP contribution in [0.1, 0.15) is 30.5 Å². The zero-order valence-electron chi connectivity index (χ0n) is 16.5. The summed E-state index contributed by atoms with van der Waals surface area (Å²) in [6.07, 6.45) is 0.798. The number of azo groups is 1. The largest absolute Gasteiger partial charge is 0.493 e. The molecule has 0 aliphatic carbocycles. The molecule has 0 fully saturated rings. The first-order chi connectivity index (χ1) is 13.8. The van der Waals surface area contributed by atoms with E-state index in [-0.39, 0.29) is 22.9 Å². The maximum absolute atomic E-state index is 12.5. The van der Waals surface area contributed by atoms with Crippen LogP contribution in [0.2, 0.25) is 0 Å². The first-order valence-electron chi connectivity index (χ1n) is 8.85. The molecule has 0 radical (unpaired) electrons. The van der Waals surface area contributed by atoms with Crippen molar-refractivity contribution < 1.29 is 14.9 Å². The van der Waals surface area contributed by atoms with Crippen molar-refractivity contribution in [2.75, 3.05) is 6.61 Å². The Hall–Kier alpha value is -3.54. The zero-order valence-corrected chi connectivity index (χ0v) is 16.5. The average molecular weight is 394 g/mol. The van der Waals surface area contributed by atoms with Crippen LogP contribution in [0.3, 0.4) is 0 Å². The Morgan fingerprint density at radius 3 is 2.59 bits per heavy atom. The summed E-state index contributed by atoms with van der Waals surface area (Å²) < 4.78 is 0.854. The first kappa shape index (κ1) is 21.8. The van der Waals surface area contributed by atoms with Gasteiger partial charge in [-0.25, -0.2) is 9.78 Å². The summed E-state index contributed by atoms with van der Waals surface area (Å²) in [4.78, 5) is 22.6. The zero-order chi connectivity index (χ0) is 21.6. The fraction of sp³-hybridized carbons (Fsp3) is 0.238. The highest BCUT2D eigenvalue weighted by atomic mass is 17.2. The van der Waals surface area contributed by atoms with Gasteiger partial charge in [-0.3, -0.25) is 9.36 Å². The van der Waals surface area contributed by atoms with E-state index in [0.717, 1.165) is 21.9 Å². The van der Waals surface area contributed by atoms with Crippen molar-refractivity contribution in [3.63, 3.8) is 0 Å². The Morgan fingerprint density at radius 2 is 2.03 bits per heavy atom. The molecule has 1 unspecified atom stereocenters. The molecular weight excluding hydrogens is 372 g/mol. The number of aromatic hydroxyl groups is 1. The van der Waals surface area contributed by atoms with Crippen molar-refractivity contribution in [3.05, 3.63) is 64.5 Å². The standard InChI is InChI=1S/C21H22N4O4/c1-6-25-20(26)18(12-22)14(4)19(21(25)27)24-23-17-10-8-16(9-11-17)13(3)15(5)29-28-7-2/h6,8-11,15,26H,1,3,7H2,2,4-5H3. The molecule has 2 aromatic rings. The van der Waals surface area contributed by atoms with Gasteiger partial charge in [0.25, 0.3) is 5.56 Å². The van der Waals surface area contributed by atoms with E-state index >= 15 is 0 Å². The number of pyridine rings is 1. The van der Waals surface area contributed by atoms with E-state index < -0.39 is 11.4 Å². The molecule has 1 atom stereocenters. The Morgan fingerprint density at radius 1 is 1.38 bits per heavy atom. The molecule has 0 spiro atoms. The van der Waals surface area contributed by atoms with Gasteiger partial charge in [-0.05, 0) is 44.0 Å². The Bertz CT molecular complexity index is 1050. The van der Waals surface area contributed by atoms with Crippen LogP contribution in [-0.2, 0) is 9.78 Å². The predicted molar refractivity (Wildman–Crippen MR) is 110 cm³/mol. The molecule has 150 valence electrons. The van der Waals surface area contributed by atoms with Crippen LogP contribution in [0.4, 0.5) is 11.4 Å². The third kappa shape index (κ3) is 4.66. The second-order valence-electron chi connectivity index (χ2n) is 6.06. The van der Waals surface area contributed by atoms with Gasteiger partial charge in [-0.1, -0.05) is 25.3 Å². The van der Waals surface area contributed by atoms with Gasteiger partial charge in [0.15, 0.2) is 5.69 Å². The molecule has 0 saturated carbocycles. The molecule has 1 aromatic heterocycles. The first-order valence-corrected chi connectivity index (χ1v) is 8.85. The number of hydrogen-bond acceptors (Lipinski definition) is 7. The van der Waals surface area contributed by atoms with Crippen LogP contribution in [-0.4, -0.2) is 22.4 Å². The highest BCUT2D eigenvalue weighted by molar-refractivity contribution is 5.67. The lowest BCUT2D eigenvalue weighted by atomic mass is 10.0.